The molecule has 0 aliphatic carbocycles. The first-order valence-corrected chi connectivity index (χ1v) is 4.50. The number of rotatable bonds is 2. The summed E-state index contributed by atoms with van der Waals surface area (Å²) in [4.78, 5) is 0. The molecule has 0 saturated heterocycles. The molecule has 0 spiro atoms. The van der Waals surface area contributed by atoms with E-state index in [0.717, 1.165) is 11.1 Å². The molecule has 3 heteroatoms. The summed E-state index contributed by atoms with van der Waals surface area (Å²) in [6.07, 6.45) is 1.37. The van der Waals surface area contributed by atoms with Gasteiger partial charge in [-0.15, -0.1) is 0 Å². The van der Waals surface area contributed by atoms with Crippen molar-refractivity contribution in [2.75, 3.05) is 0 Å². The van der Waals surface area contributed by atoms with Gasteiger partial charge in [0, 0.05) is 10.6 Å². The van der Waals surface area contributed by atoms with E-state index in [9.17, 15) is 0 Å². The summed E-state index contributed by atoms with van der Waals surface area (Å²) in [6.45, 7) is 4.14. The lowest BCUT2D eigenvalue weighted by Crippen LogP contribution is -1.96. The van der Waals surface area contributed by atoms with Crippen molar-refractivity contribution in [2.45, 2.75) is 19.8 Å². The van der Waals surface area contributed by atoms with Gasteiger partial charge < -0.3 is 5.21 Å². The van der Waals surface area contributed by atoms with Gasteiger partial charge >= 0.3 is 0 Å². The lowest BCUT2D eigenvalue weighted by molar-refractivity contribution is 0.322. The predicted octanol–water partition coefficient (Wildman–Crippen LogP) is 3.27. The van der Waals surface area contributed by atoms with E-state index in [4.69, 9.17) is 16.8 Å². The van der Waals surface area contributed by atoms with Crippen molar-refractivity contribution >= 4 is 17.8 Å². The van der Waals surface area contributed by atoms with Crippen molar-refractivity contribution < 1.29 is 5.21 Å². The van der Waals surface area contributed by atoms with Crippen LogP contribution >= 0.6 is 11.6 Å². The van der Waals surface area contributed by atoms with Gasteiger partial charge in [0.05, 0.1) is 6.21 Å². The van der Waals surface area contributed by atoms with Crippen molar-refractivity contribution in [1.29, 1.82) is 0 Å². The Bertz CT molecular complexity index is 321. The molecule has 0 bridgehead atoms. The van der Waals surface area contributed by atoms with Crippen LogP contribution in [0.1, 0.15) is 30.9 Å². The van der Waals surface area contributed by atoms with Crippen LogP contribution in [0.3, 0.4) is 0 Å². The average molecular weight is 198 g/mol. The fourth-order valence-electron chi connectivity index (χ4n) is 1.25. The van der Waals surface area contributed by atoms with E-state index < -0.39 is 0 Å². The summed E-state index contributed by atoms with van der Waals surface area (Å²) < 4.78 is 0. The molecule has 0 aliphatic rings. The highest BCUT2D eigenvalue weighted by Gasteiger charge is 2.07. The topological polar surface area (TPSA) is 32.6 Å². The van der Waals surface area contributed by atoms with Crippen molar-refractivity contribution in [2.24, 2.45) is 5.16 Å². The smallest absolute Gasteiger partial charge is 0.0751 e. The molecule has 0 amide bonds. The summed E-state index contributed by atoms with van der Waals surface area (Å²) in [7, 11) is 0. The monoisotopic (exact) mass is 197 g/mol. The number of halogens is 1. The number of hydrogen-bond donors (Lipinski definition) is 1. The number of hydrogen-bond acceptors (Lipinski definition) is 2. The van der Waals surface area contributed by atoms with Gasteiger partial charge in [-0.3, -0.25) is 0 Å². The maximum absolute atomic E-state index is 8.46. The summed E-state index contributed by atoms with van der Waals surface area (Å²) in [6, 6.07) is 5.66. The molecule has 1 rings (SSSR count). The Morgan fingerprint density at radius 1 is 1.46 bits per heavy atom. The van der Waals surface area contributed by atoms with E-state index >= 15 is 0 Å². The Balaban J connectivity index is 3.25. The zero-order valence-electron chi connectivity index (χ0n) is 7.66. The van der Waals surface area contributed by atoms with E-state index in [1.807, 2.05) is 12.1 Å². The van der Waals surface area contributed by atoms with E-state index in [1.165, 1.54) is 6.21 Å². The standard InChI is InChI=1S/C10H12ClNO/c1-7(2)8-4-3-5-10(11)9(8)6-12-13/h3-7,13H,1-2H3. The molecule has 0 fully saturated rings. The fraction of sp³-hybridized carbons (Fsp3) is 0.300. The lowest BCUT2D eigenvalue weighted by atomic mass is 9.98. The summed E-state index contributed by atoms with van der Waals surface area (Å²) in [5.41, 5.74) is 1.88. The molecular formula is C10H12ClNO. The Morgan fingerprint density at radius 3 is 2.69 bits per heavy atom. The molecule has 13 heavy (non-hydrogen) atoms. The minimum Gasteiger partial charge on any atom is -0.411 e. The highest BCUT2D eigenvalue weighted by Crippen LogP contribution is 2.24. The molecular weight excluding hydrogens is 186 g/mol. The first-order chi connectivity index (χ1) is 6.16. The van der Waals surface area contributed by atoms with E-state index in [0.29, 0.717) is 10.9 Å². The maximum Gasteiger partial charge on any atom is 0.0751 e. The van der Waals surface area contributed by atoms with Crippen LogP contribution in [0.25, 0.3) is 0 Å². The molecule has 0 saturated carbocycles. The summed E-state index contributed by atoms with van der Waals surface area (Å²) >= 11 is 5.95. The SMILES string of the molecule is CC(C)c1cccc(Cl)c1C=NO. The molecule has 2 nitrogen and oxygen atoms in total. The third-order valence-electron chi connectivity index (χ3n) is 1.90. The van der Waals surface area contributed by atoms with Crippen LogP contribution in [0.15, 0.2) is 23.4 Å². The van der Waals surface area contributed by atoms with E-state index in [1.54, 1.807) is 6.07 Å². The first-order valence-electron chi connectivity index (χ1n) is 4.12. The summed E-state index contributed by atoms with van der Waals surface area (Å²) in [5.74, 6) is 0.367. The lowest BCUT2D eigenvalue weighted by Gasteiger charge is -2.09. The van der Waals surface area contributed by atoms with Gasteiger partial charge in [-0.2, -0.15) is 0 Å². The van der Waals surface area contributed by atoms with Crippen LogP contribution in [0.4, 0.5) is 0 Å². The van der Waals surface area contributed by atoms with Gasteiger partial charge in [-0.05, 0) is 17.5 Å². The molecule has 0 unspecified atom stereocenters. The molecule has 1 N–H and O–H groups in total. The second kappa shape index (κ2) is 4.28. The Kier molecular flexibility index (Phi) is 3.32. The number of benzene rings is 1. The van der Waals surface area contributed by atoms with Gasteiger partial charge in [0.15, 0.2) is 0 Å². The Labute approximate surface area is 82.8 Å². The van der Waals surface area contributed by atoms with Crippen LogP contribution in [0.2, 0.25) is 5.02 Å². The predicted molar refractivity (Wildman–Crippen MR) is 54.9 cm³/mol. The third kappa shape index (κ3) is 2.22. The van der Waals surface area contributed by atoms with Crippen LogP contribution in [0.5, 0.6) is 0 Å². The molecule has 0 aromatic heterocycles. The first kappa shape index (κ1) is 10.1. The summed E-state index contributed by atoms with van der Waals surface area (Å²) in [5, 5.41) is 12.1. The zero-order valence-corrected chi connectivity index (χ0v) is 8.42. The molecule has 0 atom stereocenters. The zero-order chi connectivity index (χ0) is 9.84. The van der Waals surface area contributed by atoms with Crippen LogP contribution < -0.4 is 0 Å². The molecule has 1 aromatic rings. The van der Waals surface area contributed by atoms with Gasteiger partial charge in [-0.25, -0.2) is 0 Å². The quantitative estimate of drug-likeness (QED) is 0.441. The van der Waals surface area contributed by atoms with Gasteiger partial charge in [0.1, 0.15) is 0 Å². The van der Waals surface area contributed by atoms with Crippen LogP contribution in [0, 0.1) is 0 Å². The van der Waals surface area contributed by atoms with Crippen molar-refractivity contribution in [3.8, 4) is 0 Å². The van der Waals surface area contributed by atoms with E-state index in [-0.39, 0.29) is 0 Å². The maximum atomic E-state index is 8.46. The molecule has 70 valence electrons. The second-order valence-electron chi connectivity index (χ2n) is 3.14. The molecule has 1 aromatic carbocycles. The minimum absolute atomic E-state index is 0.367. The van der Waals surface area contributed by atoms with Crippen LogP contribution in [-0.2, 0) is 0 Å². The molecule has 0 radical (unpaired) electrons. The molecule has 0 aliphatic heterocycles. The fourth-order valence-corrected chi connectivity index (χ4v) is 1.48. The van der Waals surface area contributed by atoms with Crippen LogP contribution in [-0.4, -0.2) is 11.4 Å². The Morgan fingerprint density at radius 2 is 2.15 bits per heavy atom. The van der Waals surface area contributed by atoms with E-state index in [2.05, 4.69) is 19.0 Å². The number of nitrogens with zero attached hydrogens (tertiary/aromatic N) is 1. The van der Waals surface area contributed by atoms with Gasteiger partial charge in [0.2, 0.25) is 0 Å². The third-order valence-corrected chi connectivity index (χ3v) is 2.23. The highest BCUT2D eigenvalue weighted by molar-refractivity contribution is 6.33. The van der Waals surface area contributed by atoms with Gasteiger partial charge in [0.25, 0.3) is 0 Å². The van der Waals surface area contributed by atoms with Crippen molar-refractivity contribution in [1.82, 2.24) is 0 Å². The average Bonchev–Trinajstić information content (AvgIpc) is 2.08. The number of oxime groups is 1. The van der Waals surface area contributed by atoms with Crippen molar-refractivity contribution in [3.05, 3.63) is 34.3 Å². The molecule has 0 heterocycles. The minimum atomic E-state index is 0.367. The van der Waals surface area contributed by atoms with Crippen molar-refractivity contribution in [3.63, 3.8) is 0 Å². The Hall–Kier alpha value is -1.02. The second-order valence-corrected chi connectivity index (χ2v) is 3.55. The van der Waals surface area contributed by atoms with Gasteiger partial charge in [-0.1, -0.05) is 42.7 Å². The largest absolute Gasteiger partial charge is 0.411 e. The highest BCUT2D eigenvalue weighted by atomic mass is 35.5. The normalized spacial score (nSPS) is 11.4.